The van der Waals surface area contributed by atoms with Crippen LogP contribution in [0.5, 0.6) is 0 Å². The molecule has 0 bridgehead atoms. The van der Waals surface area contributed by atoms with Gasteiger partial charge in [-0.2, -0.15) is 0 Å². The minimum Gasteiger partial charge on any atom is -0.452 e. The van der Waals surface area contributed by atoms with Crippen LogP contribution in [0.3, 0.4) is 0 Å². The van der Waals surface area contributed by atoms with Gasteiger partial charge in [0, 0.05) is 24.4 Å². The second kappa shape index (κ2) is 8.81. The molecule has 8 heteroatoms. The van der Waals surface area contributed by atoms with Crippen LogP contribution in [0.4, 0.5) is 11.4 Å². The fraction of sp³-hybridized carbons (Fsp3) is 0.412. The number of hydrogen-bond acceptors (Lipinski definition) is 6. The quantitative estimate of drug-likeness (QED) is 0.256. The van der Waals surface area contributed by atoms with Gasteiger partial charge < -0.3 is 15.8 Å². The van der Waals surface area contributed by atoms with Gasteiger partial charge in [-0.25, -0.2) is 4.79 Å². The van der Waals surface area contributed by atoms with Crippen LogP contribution in [-0.2, 0) is 9.53 Å². The highest BCUT2D eigenvalue weighted by atomic mass is 16.6. The summed E-state index contributed by atoms with van der Waals surface area (Å²) in [6.45, 7) is 0.0289. The van der Waals surface area contributed by atoms with Crippen molar-refractivity contribution in [3.8, 4) is 0 Å². The van der Waals surface area contributed by atoms with Gasteiger partial charge in [0.15, 0.2) is 6.61 Å². The number of ether oxygens (including phenoxy) is 1. The lowest BCUT2D eigenvalue weighted by atomic mass is 9.97. The lowest BCUT2D eigenvalue weighted by molar-refractivity contribution is -0.384. The van der Waals surface area contributed by atoms with Crippen LogP contribution in [0, 0.1) is 10.1 Å². The fourth-order valence-corrected chi connectivity index (χ4v) is 2.59. The van der Waals surface area contributed by atoms with E-state index in [0.29, 0.717) is 6.54 Å². The van der Waals surface area contributed by atoms with Crippen molar-refractivity contribution in [1.82, 2.24) is 5.32 Å². The number of nitrogens with two attached hydrogens (primary N) is 1. The molecule has 0 radical (unpaired) electrons. The van der Waals surface area contributed by atoms with Crippen LogP contribution in [0.15, 0.2) is 29.8 Å². The lowest BCUT2D eigenvalue weighted by Gasteiger charge is -2.13. The first-order valence-electron chi connectivity index (χ1n) is 8.13. The number of carbonyl (C=O) groups is 2. The molecule has 1 aromatic carbocycles. The first kappa shape index (κ1) is 18.4. The fourth-order valence-electron chi connectivity index (χ4n) is 2.59. The summed E-state index contributed by atoms with van der Waals surface area (Å²) in [6, 6.07) is 3.48. The van der Waals surface area contributed by atoms with Crippen LogP contribution in [0.2, 0.25) is 0 Å². The van der Waals surface area contributed by atoms with Crippen molar-refractivity contribution in [2.75, 3.05) is 18.9 Å². The zero-order valence-electron chi connectivity index (χ0n) is 13.8. The molecule has 1 amide bonds. The number of allylic oxidation sites excluding steroid dienone is 1. The number of non-ortho nitro benzene ring substituents is 1. The van der Waals surface area contributed by atoms with Gasteiger partial charge in [0.1, 0.15) is 0 Å². The van der Waals surface area contributed by atoms with Crippen molar-refractivity contribution in [1.29, 1.82) is 0 Å². The van der Waals surface area contributed by atoms with Crippen LogP contribution < -0.4 is 11.1 Å². The SMILES string of the molecule is Nc1ccc([N+](=O)[O-])cc1C(=O)OCC(=O)NCCC1=CCCCC1. The van der Waals surface area contributed by atoms with Gasteiger partial charge in [-0.15, -0.1) is 0 Å². The van der Waals surface area contributed by atoms with Crippen molar-refractivity contribution in [2.24, 2.45) is 0 Å². The molecule has 0 aromatic heterocycles. The highest BCUT2D eigenvalue weighted by molar-refractivity contribution is 5.96. The van der Waals surface area contributed by atoms with E-state index in [1.54, 1.807) is 0 Å². The zero-order valence-corrected chi connectivity index (χ0v) is 13.8. The smallest absolute Gasteiger partial charge is 0.341 e. The largest absolute Gasteiger partial charge is 0.452 e. The number of esters is 1. The molecule has 8 nitrogen and oxygen atoms in total. The van der Waals surface area contributed by atoms with E-state index in [9.17, 15) is 19.7 Å². The van der Waals surface area contributed by atoms with E-state index in [4.69, 9.17) is 10.5 Å². The van der Waals surface area contributed by atoms with Gasteiger partial charge in [0.25, 0.3) is 11.6 Å². The van der Waals surface area contributed by atoms with E-state index in [2.05, 4.69) is 11.4 Å². The molecule has 1 aliphatic rings. The van der Waals surface area contributed by atoms with Crippen LogP contribution in [-0.4, -0.2) is 30.0 Å². The zero-order chi connectivity index (χ0) is 18.2. The first-order valence-corrected chi connectivity index (χ1v) is 8.13. The molecule has 3 N–H and O–H groups in total. The Kier molecular flexibility index (Phi) is 6.50. The maximum Gasteiger partial charge on any atom is 0.341 e. The molecule has 0 atom stereocenters. The predicted molar refractivity (Wildman–Crippen MR) is 92.0 cm³/mol. The third-order valence-corrected chi connectivity index (χ3v) is 3.96. The second-order valence-electron chi connectivity index (χ2n) is 5.81. The number of nitro benzene ring substituents is 1. The molecule has 134 valence electrons. The normalized spacial score (nSPS) is 13.7. The Morgan fingerprint density at radius 1 is 1.32 bits per heavy atom. The second-order valence-corrected chi connectivity index (χ2v) is 5.81. The summed E-state index contributed by atoms with van der Waals surface area (Å²) in [4.78, 5) is 33.8. The third-order valence-electron chi connectivity index (χ3n) is 3.96. The minimum absolute atomic E-state index is 0.0558. The molecule has 0 saturated carbocycles. The topological polar surface area (TPSA) is 125 Å². The average Bonchev–Trinajstić information content (AvgIpc) is 2.60. The van der Waals surface area contributed by atoms with E-state index in [1.165, 1.54) is 30.5 Å². The average molecular weight is 347 g/mol. The maximum absolute atomic E-state index is 12.0. The van der Waals surface area contributed by atoms with Crippen LogP contribution in [0.1, 0.15) is 42.5 Å². The summed E-state index contributed by atoms with van der Waals surface area (Å²) < 4.78 is 4.88. The van der Waals surface area contributed by atoms with Crippen molar-refractivity contribution in [2.45, 2.75) is 32.1 Å². The molecular weight excluding hydrogens is 326 g/mol. The van der Waals surface area contributed by atoms with E-state index in [-0.39, 0.29) is 16.9 Å². The molecule has 0 aliphatic heterocycles. The Bertz CT molecular complexity index is 700. The van der Waals surface area contributed by atoms with E-state index < -0.39 is 23.4 Å². The van der Waals surface area contributed by atoms with E-state index >= 15 is 0 Å². The van der Waals surface area contributed by atoms with Gasteiger partial charge in [0.05, 0.1) is 10.5 Å². The minimum atomic E-state index is -0.869. The molecule has 25 heavy (non-hydrogen) atoms. The monoisotopic (exact) mass is 347 g/mol. The molecule has 1 aromatic rings. The van der Waals surface area contributed by atoms with Crippen molar-refractivity contribution >= 4 is 23.3 Å². The van der Waals surface area contributed by atoms with Crippen molar-refractivity contribution in [3.05, 3.63) is 45.5 Å². The van der Waals surface area contributed by atoms with Gasteiger partial charge in [-0.3, -0.25) is 14.9 Å². The van der Waals surface area contributed by atoms with Gasteiger partial charge in [-0.05, 0) is 38.2 Å². The summed E-state index contributed by atoms with van der Waals surface area (Å²) in [5, 5.41) is 13.4. The molecule has 1 aliphatic carbocycles. The van der Waals surface area contributed by atoms with E-state index in [0.717, 1.165) is 25.3 Å². The number of hydrogen-bond donors (Lipinski definition) is 2. The van der Waals surface area contributed by atoms with Crippen molar-refractivity contribution in [3.63, 3.8) is 0 Å². The molecule has 0 unspecified atom stereocenters. The number of nitrogen functional groups attached to an aromatic ring is 1. The Labute approximate surface area is 145 Å². The molecule has 2 rings (SSSR count). The predicted octanol–water partition coefficient (Wildman–Crippen LogP) is 2.34. The van der Waals surface area contributed by atoms with Gasteiger partial charge in [-0.1, -0.05) is 11.6 Å². The Morgan fingerprint density at radius 3 is 2.80 bits per heavy atom. The number of nitrogens with zero attached hydrogens (tertiary/aromatic N) is 1. The molecular formula is C17H21N3O5. The number of benzene rings is 1. The number of rotatable bonds is 7. The Balaban J connectivity index is 1.79. The standard InChI is InChI=1S/C17H21N3O5/c18-15-7-6-13(20(23)24)10-14(15)17(22)25-11-16(21)19-9-8-12-4-2-1-3-5-12/h4,6-7,10H,1-3,5,8-9,11,18H2,(H,19,21). The Hall–Kier alpha value is -2.90. The van der Waals surface area contributed by atoms with Crippen LogP contribution >= 0.6 is 0 Å². The number of amides is 1. The molecule has 0 fully saturated rings. The first-order chi connectivity index (χ1) is 12.0. The van der Waals surface area contributed by atoms with Gasteiger partial charge >= 0.3 is 5.97 Å². The molecule has 0 spiro atoms. The number of nitrogens with one attached hydrogen (secondary N) is 1. The lowest BCUT2D eigenvalue weighted by Crippen LogP contribution is -2.30. The van der Waals surface area contributed by atoms with Crippen LogP contribution in [0.25, 0.3) is 0 Å². The number of nitro groups is 1. The maximum atomic E-state index is 12.0. The summed E-state index contributed by atoms with van der Waals surface area (Å²) in [6.07, 6.45) is 7.55. The Morgan fingerprint density at radius 2 is 2.12 bits per heavy atom. The number of anilines is 1. The van der Waals surface area contributed by atoms with Gasteiger partial charge in [0.2, 0.25) is 0 Å². The molecule has 0 saturated heterocycles. The van der Waals surface area contributed by atoms with Crippen molar-refractivity contribution < 1.29 is 19.2 Å². The summed E-state index contributed by atoms with van der Waals surface area (Å²) >= 11 is 0. The third kappa shape index (κ3) is 5.59. The van der Waals surface area contributed by atoms with E-state index in [1.807, 2.05) is 0 Å². The summed E-state index contributed by atoms with van der Waals surface area (Å²) in [5.74, 6) is -1.29. The highest BCUT2D eigenvalue weighted by Gasteiger charge is 2.17. The summed E-state index contributed by atoms with van der Waals surface area (Å²) in [5.41, 5.74) is 6.62. The molecule has 0 heterocycles. The summed E-state index contributed by atoms with van der Waals surface area (Å²) in [7, 11) is 0. The highest BCUT2D eigenvalue weighted by Crippen LogP contribution is 2.21. The number of carbonyl (C=O) groups excluding carboxylic acids is 2.